The highest BCUT2D eigenvalue weighted by Gasteiger charge is 1.92. The van der Waals surface area contributed by atoms with E-state index in [1.807, 2.05) is 0 Å². The van der Waals surface area contributed by atoms with E-state index in [0.29, 0.717) is 0 Å². The smallest absolute Gasteiger partial charge is 0.0742 e. The summed E-state index contributed by atoms with van der Waals surface area (Å²) in [6.45, 7) is 10.5. The van der Waals surface area contributed by atoms with Gasteiger partial charge in [-0.15, -0.1) is 0 Å². The van der Waals surface area contributed by atoms with Crippen molar-refractivity contribution in [3.05, 3.63) is 0 Å². The lowest BCUT2D eigenvalue weighted by molar-refractivity contribution is -0.894. The Bertz CT molecular complexity index is 34.5. The third kappa shape index (κ3) is 10.7. The molecule has 0 rings (SSSR count). The van der Waals surface area contributed by atoms with E-state index in [1.165, 1.54) is 19.6 Å². The van der Waals surface area contributed by atoms with E-state index < -0.39 is 0 Å². The second-order valence-corrected chi connectivity index (χ2v) is 1.81. The van der Waals surface area contributed by atoms with Gasteiger partial charge in [0.25, 0.3) is 0 Å². The quantitative estimate of drug-likeness (QED) is 0.612. The second kappa shape index (κ2) is 15.9. The van der Waals surface area contributed by atoms with E-state index in [-0.39, 0.29) is 14.1 Å². The first kappa shape index (κ1) is 22.6. The fourth-order valence-corrected chi connectivity index (χ4v) is 0.750. The molecule has 0 saturated carbocycles. The van der Waals surface area contributed by atoms with Crippen LogP contribution in [0.1, 0.15) is 20.8 Å². The summed E-state index contributed by atoms with van der Waals surface area (Å²) in [5.41, 5.74) is 0. The van der Waals surface area contributed by atoms with Gasteiger partial charge >= 0.3 is 0 Å². The van der Waals surface area contributed by atoms with Crippen molar-refractivity contribution in [1.82, 2.24) is 0 Å². The highest BCUT2D eigenvalue weighted by Crippen LogP contribution is 1.45. The molecule has 0 aliphatic rings. The van der Waals surface area contributed by atoms with Gasteiger partial charge in [-0.2, -0.15) is 0 Å². The molecule has 1 nitrogen and oxygen atoms in total. The van der Waals surface area contributed by atoms with E-state index in [0.717, 1.165) is 0 Å². The molecule has 0 aliphatic carbocycles. The van der Waals surface area contributed by atoms with Crippen LogP contribution in [0.5, 0.6) is 0 Å². The van der Waals surface area contributed by atoms with Crippen LogP contribution in [0.4, 0.5) is 14.1 Å². The van der Waals surface area contributed by atoms with Crippen LogP contribution in [-0.2, 0) is 0 Å². The molecule has 0 bridgehead atoms. The topological polar surface area (TPSA) is 4.44 Å². The summed E-state index contributed by atoms with van der Waals surface area (Å²) in [5.74, 6) is 0. The zero-order chi connectivity index (χ0) is 5.70. The molecular formula is C6H19F3N+. The lowest BCUT2D eigenvalue weighted by Gasteiger charge is -2.10. The van der Waals surface area contributed by atoms with Crippen molar-refractivity contribution in [2.75, 3.05) is 19.6 Å². The van der Waals surface area contributed by atoms with Crippen molar-refractivity contribution in [2.24, 2.45) is 0 Å². The molecule has 1 N–H and O–H groups in total. The second-order valence-electron chi connectivity index (χ2n) is 1.81. The zero-order valence-electron chi connectivity index (χ0n) is 6.85. The summed E-state index contributed by atoms with van der Waals surface area (Å²) in [6.07, 6.45) is 0. The van der Waals surface area contributed by atoms with Crippen molar-refractivity contribution in [3.63, 3.8) is 0 Å². The van der Waals surface area contributed by atoms with E-state index in [9.17, 15) is 0 Å². The van der Waals surface area contributed by atoms with Crippen LogP contribution >= 0.6 is 0 Å². The first-order valence-electron chi connectivity index (χ1n) is 3.18. The summed E-state index contributed by atoms with van der Waals surface area (Å²) in [6, 6.07) is 0. The molecular weight excluding hydrogens is 143 g/mol. The van der Waals surface area contributed by atoms with Gasteiger partial charge in [0.1, 0.15) is 0 Å². The van der Waals surface area contributed by atoms with Crippen LogP contribution < -0.4 is 4.90 Å². The largest absolute Gasteiger partial charge is 0.336 e. The Morgan fingerprint density at radius 1 is 0.700 bits per heavy atom. The maximum absolute atomic E-state index is 2.22. The fraction of sp³-hybridized carbons (Fsp3) is 1.00. The van der Waals surface area contributed by atoms with Gasteiger partial charge in [-0.05, 0) is 20.8 Å². The maximum atomic E-state index is 2.22. The van der Waals surface area contributed by atoms with Gasteiger partial charge in [0, 0.05) is 0 Å². The van der Waals surface area contributed by atoms with Gasteiger partial charge in [-0.3, -0.25) is 14.1 Å². The Hall–Kier alpha value is -0.250. The Morgan fingerprint density at radius 3 is 0.900 bits per heavy atom. The Morgan fingerprint density at radius 2 is 0.900 bits per heavy atom. The number of quaternary nitrogens is 1. The summed E-state index contributed by atoms with van der Waals surface area (Å²) < 4.78 is 0. The Balaban J connectivity index is -0.0000000600. The zero-order valence-corrected chi connectivity index (χ0v) is 6.85. The average molecular weight is 162 g/mol. The van der Waals surface area contributed by atoms with Crippen molar-refractivity contribution in [2.45, 2.75) is 20.8 Å². The van der Waals surface area contributed by atoms with E-state index >= 15 is 0 Å². The summed E-state index contributed by atoms with van der Waals surface area (Å²) in [5, 5.41) is 0. The standard InChI is InChI=1S/C6H15N.3FH/c1-4-7(5-2)6-3;;;/h4-6H2,1-3H3;3*1H/p+1. The Labute approximate surface area is 60.5 Å². The lowest BCUT2D eigenvalue weighted by Crippen LogP contribution is -3.11. The van der Waals surface area contributed by atoms with Crippen molar-refractivity contribution in [3.8, 4) is 0 Å². The number of rotatable bonds is 3. The maximum Gasteiger partial charge on any atom is 0.0742 e. The highest BCUT2D eigenvalue weighted by atomic mass is 19.0. The van der Waals surface area contributed by atoms with Crippen LogP contribution in [-0.4, -0.2) is 19.6 Å². The third-order valence-electron chi connectivity index (χ3n) is 1.50. The molecule has 0 aliphatic heterocycles. The molecule has 0 unspecified atom stereocenters. The molecule has 0 atom stereocenters. The number of hydrogen-bond donors (Lipinski definition) is 1. The predicted octanol–water partition coefficient (Wildman–Crippen LogP) is 0.388. The minimum Gasteiger partial charge on any atom is -0.336 e. The van der Waals surface area contributed by atoms with E-state index in [1.54, 1.807) is 4.90 Å². The summed E-state index contributed by atoms with van der Waals surface area (Å²) in [4.78, 5) is 1.68. The van der Waals surface area contributed by atoms with Gasteiger partial charge in [0.05, 0.1) is 19.6 Å². The van der Waals surface area contributed by atoms with Crippen molar-refractivity contribution in [1.29, 1.82) is 0 Å². The minimum atomic E-state index is 0. The molecule has 0 heterocycles. The van der Waals surface area contributed by atoms with Gasteiger partial charge in [0.2, 0.25) is 0 Å². The number of halogens is 3. The molecule has 0 amide bonds. The monoisotopic (exact) mass is 162 g/mol. The molecule has 68 valence electrons. The molecule has 4 heteroatoms. The van der Waals surface area contributed by atoms with Crippen molar-refractivity contribution < 1.29 is 19.0 Å². The molecule has 0 fully saturated rings. The molecule has 0 aromatic carbocycles. The van der Waals surface area contributed by atoms with Crippen LogP contribution in [0.2, 0.25) is 0 Å². The van der Waals surface area contributed by atoms with Gasteiger partial charge < -0.3 is 4.90 Å². The molecule has 10 heavy (non-hydrogen) atoms. The van der Waals surface area contributed by atoms with Crippen LogP contribution in [0.25, 0.3) is 0 Å². The van der Waals surface area contributed by atoms with Crippen LogP contribution in [0.15, 0.2) is 0 Å². The molecule has 0 radical (unpaired) electrons. The van der Waals surface area contributed by atoms with E-state index in [2.05, 4.69) is 20.8 Å². The van der Waals surface area contributed by atoms with Gasteiger partial charge in [0.15, 0.2) is 0 Å². The fourth-order valence-electron chi connectivity index (χ4n) is 0.750. The number of nitrogens with one attached hydrogen (secondary N) is 1. The van der Waals surface area contributed by atoms with Gasteiger partial charge in [-0.25, -0.2) is 0 Å². The van der Waals surface area contributed by atoms with Crippen LogP contribution in [0, 0.1) is 0 Å². The normalized spacial score (nSPS) is 7.20. The van der Waals surface area contributed by atoms with Gasteiger partial charge in [-0.1, -0.05) is 0 Å². The first-order chi connectivity index (χ1) is 3.35. The molecule has 0 aromatic rings. The van der Waals surface area contributed by atoms with Crippen LogP contribution in [0.3, 0.4) is 0 Å². The third-order valence-corrected chi connectivity index (χ3v) is 1.50. The predicted molar refractivity (Wildman–Crippen MR) is 40.1 cm³/mol. The molecule has 0 aromatic heterocycles. The van der Waals surface area contributed by atoms with E-state index in [4.69, 9.17) is 0 Å². The minimum absolute atomic E-state index is 0. The highest BCUT2D eigenvalue weighted by molar-refractivity contribution is 4.11. The summed E-state index contributed by atoms with van der Waals surface area (Å²) in [7, 11) is 0. The Kier molecular flexibility index (Phi) is 35.9. The van der Waals surface area contributed by atoms with Crippen molar-refractivity contribution >= 4 is 0 Å². The SMILES string of the molecule is CC[NH+](CC)CC.F.F.F. The molecule has 0 saturated heterocycles. The number of hydrogen-bond acceptors (Lipinski definition) is 0. The average Bonchev–Trinajstić information content (AvgIpc) is 1.72. The molecule has 0 spiro atoms. The summed E-state index contributed by atoms with van der Waals surface area (Å²) >= 11 is 0. The first-order valence-corrected chi connectivity index (χ1v) is 3.18. The lowest BCUT2D eigenvalue weighted by atomic mass is 10.5.